The van der Waals surface area contributed by atoms with E-state index in [2.05, 4.69) is 6.92 Å². The molecule has 0 N–H and O–H groups in total. The zero-order valence-corrected chi connectivity index (χ0v) is 12.1. The predicted octanol–water partition coefficient (Wildman–Crippen LogP) is 2.87. The van der Waals surface area contributed by atoms with E-state index in [0.717, 1.165) is 18.6 Å². The van der Waals surface area contributed by atoms with Gasteiger partial charge < -0.3 is 0 Å². The molecule has 0 spiro atoms. The standard InChI is InChI=1S/C13H17NO2S2/c1-2-3-8-17-9-10-18(15,16)13-6-4-12(11-14)5-7-13/h4-7H,2-3,8-10H2,1H3. The molecule has 0 aromatic heterocycles. The molecule has 0 saturated heterocycles. The molecule has 0 aliphatic rings. The Labute approximate surface area is 113 Å². The smallest absolute Gasteiger partial charge is 0.179 e. The van der Waals surface area contributed by atoms with Crippen LogP contribution in [0.5, 0.6) is 0 Å². The largest absolute Gasteiger partial charge is 0.224 e. The van der Waals surface area contributed by atoms with E-state index in [9.17, 15) is 8.42 Å². The van der Waals surface area contributed by atoms with Gasteiger partial charge in [0.05, 0.1) is 22.3 Å². The number of nitrogens with zero attached hydrogens (tertiary/aromatic N) is 1. The van der Waals surface area contributed by atoms with Crippen molar-refractivity contribution in [2.24, 2.45) is 0 Å². The molecule has 0 heterocycles. The highest BCUT2D eigenvalue weighted by atomic mass is 32.2. The van der Waals surface area contributed by atoms with Crippen molar-refractivity contribution in [2.75, 3.05) is 17.3 Å². The van der Waals surface area contributed by atoms with E-state index in [1.807, 2.05) is 6.07 Å². The van der Waals surface area contributed by atoms with Gasteiger partial charge in [0, 0.05) is 5.75 Å². The van der Waals surface area contributed by atoms with Gasteiger partial charge in [0.2, 0.25) is 0 Å². The lowest BCUT2D eigenvalue weighted by Crippen LogP contribution is -2.09. The second kappa shape index (κ2) is 7.45. The number of nitriles is 1. The summed E-state index contributed by atoms with van der Waals surface area (Å²) in [6.07, 6.45) is 2.26. The zero-order chi connectivity index (χ0) is 13.4. The fourth-order valence-electron chi connectivity index (χ4n) is 1.37. The van der Waals surface area contributed by atoms with Crippen molar-refractivity contribution < 1.29 is 8.42 Å². The monoisotopic (exact) mass is 283 g/mol. The molecule has 0 amide bonds. The Morgan fingerprint density at radius 2 is 1.89 bits per heavy atom. The summed E-state index contributed by atoms with van der Waals surface area (Å²) in [5.74, 6) is 1.80. The van der Waals surface area contributed by atoms with Gasteiger partial charge >= 0.3 is 0 Å². The van der Waals surface area contributed by atoms with Gasteiger partial charge in [-0.3, -0.25) is 0 Å². The molecule has 5 heteroatoms. The molecule has 0 fully saturated rings. The lowest BCUT2D eigenvalue weighted by Gasteiger charge is -2.04. The van der Waals surface area contributed by atoms with E-state index in [0.29, 0.717) is 16.2 Å². The van der Waals surface area contributed by atoms with Crippen LogP contribution in [-0.4, -0.2) is 25.7 Å². The maximum Gasteiger partial charge on any atom is 0.179 e. The van der Waals surface area contributed by atoms with Crippen LogP contribution in [0.3, 0.4) is 0 Å². The first-order valence-corrected chi connectivity index (χ1v) is 8.71. The predicted molar refractivity (Wildman–Crippen MR) is 75.4 cm³/mol. The minimum Gasteiger partial charge on any atom is -0.224 e. The van der Waals surface area contributed by atoms with E-state index in [1.54, 1.807) is 11.8 Å². The number of rotatable bonds is 7. The molecule has 1 aromatic rings. The highest BCUT2D eigenvalue weighted by Gasteiger charge is 2.13. The highest BCUT2D eigenvalue weighted by Crippen LogP contribution is 2.14. The fourth-order valence-corrected chi connectivity index (χ4v) is 4.20. The van der Waals surface area contributed by atoms with E-state index in [1.165, 1.54) is 24.3 Å². The van der Waals surface area contributed by atoms with Gasteiger partial charge in [0.15, 0.2) is 9.84 Å². The molecule has 18 heavy (non-hydrogen) atoms. The van der Waals surface area contributed by atoms with Crippen LogP contribution in [0.2, 0.25) is 0 Å². The van der Waals surface area contributed by atoms with Crippen molar-refractivity contribution >= 4 is 21.6 Å². The van der Waals surface area contributed by atoms with Gasteiger partial charge in [0.1, 0.15) is 0 Å². The summed E-state index contributed by atoms with van der Waals surface area (Å²) in [6, 6.07) is 8.06. The Kier molecular flexibility index (Phi) is 6.23. The third-order valence-electron chi connectivity index (χ3n) is 2.48. The summed E-state index contributed by atoms with van der Waals surface area (Å²) in [4.78, 5) is 0.303. The Morgan fingerprint density at radius 1 is 1.22 bits per heavy atom. The first-order valence-electron chi connectivity index (χ1n) is 5.91. The zero-order valence-electron chi connectivity index (χ0n) is 10.4. The van der Waals surface area contributed by atoms with Crippen molar-refractivity contribution in [1.29, 1.82) is 5.26 Å². The van der Waals surface area contributed by atoms with Crippen LogP contribution in [0.15, 0.2) is 29.2 Å². The van der Waals surface area contributed by atoms with E-state index in [4.69, 9.17) is 5.26 Å². The minimum atomic E-state index is -3.20. The van der Waals surface area contributed by atoms with Crippen molar-refractivity contribution in [3.05, 3.63) is 29.8 Å². The summed E-state index contributed by atoms with van der Waals surface area (Å²) in [6.45, 7) is 2.12. The topological polar surface area (TPSA) is 57.9 Å². The average Bonchev–Trinajstić information content (AvgIpc) is 2.38. The van der Waals surface area contributed by atoms with Crippen LogP contribution >= 0.6 is 11.8 Å². The van der Waals surface area contributed by atoms with Crippen molar-refractivity contribution in [1.82, 2.24) is 0 Å². The van der Waals surface area contributed by atoms with Crippen LogP contribution < -0.4 is 0 Å². The summed E-state index contributed by atoms with van der Waals surface area (Å²) in [7, 11) is -3.20. The number of benzene rings is 1. The third kappa shape index (κ3) is 4.71. The number of hydrogen-bond donors (Lipinski definition) is 0. The van der Waals surface area contributed by atoms with Crippen molar-refractivity contribution in [3.8, 4) is 6.07 Å². The lowest BCUT2D eigenvalue weighted by molar-refractivity contribution is 0.597. The van der Waals surface area contributed by atoms with Gasteiger partial charge in [-0.15, -0.1) is 0 Å². The normalized spacial score (nSPS) is 11.1. The van der Waals surface area contributed by atoms with E-state index >= 15 is 0 Å². The van der Waals surface area contributed by atoms with Crippen LogP contribution in [0.25, 0.3) is 0 Å². The molecule has 0 radical (unpaired) electrons. The number of unbranched alkanes of at least 4 members (excludes halogenated alkanes) is 1. The summed E-state index contributed by atoms with van der Waals surface area (Å²) < 4.78 is 23.9. The Hall–Kier alpha value is -0.990. The van der Waals surface area contributed by atoms with Crippen molar-refractivity contribution in [3.63, 3.8) is 0 Å². The minimum absolute atomic E-state index is 0.160. The third-order valence-corrected chi connectivity index (χ3v) is 5.54. The molecule has 0 aliphatic heterocycles. The first kappa shape index (κ1) is 15.1. The van der Waals surface area contributed by atoms with Gasteiger partial charge in [0.25, 0.3) is 0 Å². The summed E-state index contributed by atoms with van der Waals surface area (Å²) in [5.41, 5.74) is 0.478. The molecule has 0 aliphatic carbocycles. The van der Waals surface area contributed by atoms with Crippen molar-refractivity contribution in [2.45, 2.75) is 24.7 Å². The van der Waals surface area contributed by atoms with Crippen LogP contribution in [0.4, 0.5) is 0 Å². The molecular weight excluding hydrogens is 266 g/mol. The maximum atomic E-state index is 12.0. The molecule has 1 rings (SSSR count). The SMILES string of the molecule is CCCCSCCS(=O)(=O)c1ccc(C#N)cc1. The Balaban J connectivity index is 2.55. The number of sulfone groups is 1. The van der Waals surface area contributed by atoms with Crippen LogP contribution in [0, 0.1) is 11.3 Å². The molecule has 0 unspecified atom stereocenters. The van der Waals surface area contributed by atoms with Gasteiger partial charge in [-0.05, 0) is 36.4 Å². The Bertz CT molecular complexity index is 501. The molecule has 3 nitrogen and oxygen atoms in total. The van der Waals surface area contributed by atoms with Crippen LogP contribution in [0.1, 0.15) is 25.3 Å². The molecule has 0 saturated carbocycles. The number of hydrogen-bond acceptors (Lipinski definition) is 4. The molecule has 98 valence electrons. The maximum absolute atomic E-state index is 12.0. The Morgan fingerprint density at radius 3 is 2.44 bits per heavy atom. The molecule has 1 aromatic carbocycles. The number of thioether (sulfide) groups is 1. The highest BCUT2D eigenvalue weighted by molar-refractivity contribution is 8.00. The average molecular weight is 283 g/mol. The second-order valence-electron chi connectivity index (χ2n) is 3.92. The molecule has 0 atom stereocenters. The van der Waals surface area contributed by atoms with E-state index < -0.39 is 9.84 Å². The van der Waals surface area contributed by atoms with Gasteiger partial charge in [-0.1, -0.05) is 13.3 Å². The summed E-state index contributed by atoms with van der Waals surface area (Å²) in [5, 5.41) is 8.65. The molecular formula is C13H17NO2S2. The quantitative estimate of drug-likeness (QED) is 0.722. The molecule has 0 bridgehead atoms. The van der Waals surface area contributed by atoms with E-state index in [-0.39, 0.29) is 5.75 Å². The lowest BCUT2D eigenvalue weighted by atomic mass is 10.2. The van der Waals surface area contributed by atoms with Gasteiger partial charge in [-0.2, -0.15) is 17.0 Å². The van der Waals surface area contributed by atoms with Crippen LogP contribution in [-0.2, 0) is 9.84 Å². The second-order valence-corrected chi connectivity index (χ2v) is 7.25. The fraction of sp³-hybridized carbons (Fsp3) is 0.462. The first-order chi connectivity index (χ1) is 8.60. The van der Waals surface area contributed by atoms with Gasteiger partial charge in [-0.25, -0.2) is 8.42 Å². The summed E-state index contributed by atoms with van der Waals surface area (Å²) >= 11 is 1.68.